The summed E-state index contributed by atoms with van der Waals surface area (Å²) in [4.78, 5) is 6.96. The van der Waals surface area contributed by atoms with Gasteiger partial charge in [0.05, 0.1) is 23.7 Å². The van der Waals surface area contributed by atoms with E-state index >= 15 is 0 Å². The lowest BCUT2D eigenvalue weighted by molar-refractivity contribution is 0.123. The number of aromatic nitrogens is 2. The van der Waals surface area contributed by atoms with Crippen LogP contribution in [0.25, 0.3) is 11.0 Å². The van der Waals surface area contributed by atoms with E-state index < -0.39 is 0 Å². The molecular formula is C16H24N4O. The van der Waals surface area contributed by atoms with E-state index in [1.54, 1.807) is 0 Å². The Hall–Kier alpha value is -1.43. The third-order valence-corrected chi connectivity index (χ3v) is 4.21. The Balaban J connectivity index is 1.50. The monoisotopic (exact) mass is 288 g/mol. The summed E-state index contributed by atoms with van der Waals surface area (Å²) in [5, 5.41) is 13.4. The summed E-state index contributed by atoms with van der Waals surface area (Å²) in [5.41, 5.74) is 2.17. The molecule has 0 amide bonds. The zero-order valence-electron chi connectivity index (χ0n) is 12.6. The average molecular weight is 288 g/mol. The second-order valence-electron chi connectivity index (χ2n) is 5.87. The number of hydrogen-bond donors (Lipinski definition) is 2. The molecule has 1 aliphatic rings. The molecule has 1 aliphatic heterocycles. The van der Waals surface area contributed by atoms with Crippen molar-refractivity contribution in [1.82, 2.24) is 19.8 Å². The first-order valence-corrected chi connectivity index (χ1v) is 7.75. The van der Waals surface area contributed by atoms with Crippen LogP contribution in [0.4, 0.5) is 0 Å². The van der Waals surface area contributed by atoms with Gasteiger partial charge < -0.3 is 19.9 Å². The van der Waals surface area contributed by atoms with Gasteiger partial charge in [0, 0.05) is 20.1 Å². The third kappa shape index (κ3) is 3.43. The van der Waals surface area contributed by atoms with Crippen LogP contribution in [0.1, 0.15) is 18.7 Å². The number of para-hydroxylation sites is 2. The molecule has 1 fully saturated rings. The minimum atomic E-state index is -0.308. The molecule has 1 aromatic heterocycles. The summed E-state index contributed by atoms with van der Waals surface area (Å²) in [5.74, 6) is 1.00. The van der Waals surface area contributed by atoms with Crippen molar-refractivity contribution in [3.8, 4) is 0 Å². The van der Waals surface area contributed by atoms with Crippen molar-refractivity contribution in [2.75, 3.05) is 26.2 Å². The molecule has 3 rings (SSSR count). The SMILES string of the molecule is Cn1c(CNCC(O)CN2CCCC2)nc2ccccc21. The molecule has 0 radical (unpaired) electrons. The molecule has 21 heavy (non-hydrogen) atoms. The molecule has 1 atom stereocenters. The topological polar surface area (TPSA) is 53.3 Å². The van der Waals surface area contributed by atoms with Crippen LogP contribution in [0.15, 0.2) is 24.3 Å². The Kier molecular flexibility index (Phi) is 4.53. The van der Waals surface area contributed by atoms with Crippen LogP contribution >= 0.6 is 0 Å². The highest BCUT2D eigenvalue weighted by atomic mass is 16.3. The summed E-state index contributed by atoms with van der Waals surface area (Å²) >= 11 is 0. The Morgan fingerprint density at radius 3 is 2.81 bits per heavy atom. The maximum absolute atomic E-state index is 10.1. The Bertz CT molecular complexity index is 589. The lowest BCUT2D eigenvalue weighted by atomic mass is 10.3. The number of imidazole rings is 1. The molecule has 2 heterocycles. The molecule has 0 saturated carbocycles. The number of aliphatic hydroxyl groups is 1. The number of aryl methyl sites for hydroxylation is 1. The van der Waals surface area contributed by atoms with Gasteiger partial charge in [-0.25, -0.2) is 4.98 Å². The van der Waals surface area contributed by atoms with Crippen LogP contribution in [0.2, 0.25) is 0 Å². The number of benzene rings is 1. The molecule has 0 bridgehead atoms. The number of nitrogens with zero attached hydrogens (tertiary/aromatic N) is 3. The standard InChI is InChI=1S/C16H24N4O/c1-19-15-7-3-2-6-14(15)18-16(19)11-17-10-13(21)12-20-8-4-5-9-20/h2-3,6-7,13,17,21H,4-5,8-12H2,1H3. The third-order valence-electron chi connectivity index (χ3n) is 4.21. The zero-order valence-corrected chi connectivity index (χ0v) is 12.6. The number of β-amino-alcohol motifs (C(OH)–C–C–N with tert-alkyl or cyclic N) is 1. The van der Waals surface area contributed by atoms with Crippen molar-refractivity contribution in [1.29, 1.82) is 0 Å². The summed E-state index contributed by atoms with van der Waals surface area (Å²) in [7, 11) is 2.03. The summed E-state index contributed by atoms with van der Waals surface area (Å²) in [6.45, 7) is 4.32. The molecule has 2 aromatic rings. The van der Waals surface area contributed by atoms with Crippen molar-refractivity contribution in [3.05, 3.63) is 30.1 Å². The van der Waals surface area contributed by atoms with E-state index in [0.29, 0.717) is 13.1 Å². The minimum Gasteiger partial charge on any atom is -0.390 e. The minimum absolute atomic E-state index is 0.308. The summed E-state index contributed by atoms with van der Waals surface area (Å²) in [6, 6.07) is 8.14. The molecule has 1 unspecified atom stereocenters. The van der Waals surface area contributed by atoms with E-state index in [4.69, 9.17) is 0 Å². The highest BCUT2D eigenvalue weighted by molar-refractivity contribution is 5.75. The van der Waals surface area contributed by atoms with Crippen LogP contribution in [0, 0.1) is 0 Å². The van der Waals surface area contributed by atoms with Gasteiger partial charge in [-0.3, -0.25) is 0 Å². The molecule has 5 nitrogen and oxygen atoms in total. The van der Waals surface area contributed by atoms with Crippen molar-refractivity contribution in [3.63, 3.8) is 0 Å². The smallest absolute Gasteiger partial charge is 0.123 e. The number of likely N-dealkylation sites (tertiary alicyclic amines) is 1. The quantitative estimate of drug-likeness (QED) is 0.836. The van der Waals surface area contributed by atoms with E-state index in [1.165, 1.54) is 12.8 Å². The number of rotatable bonds is 6. The predicted molar refractivity (Wildman–Crippen MR) is 84.1 cm³/mol. The fraction of sp³-hybridized carbons (Fsp3) is 0.562. The molecule has 114 valence electrons. The Morgan fingerprint density at radius 1 is 1.29 bits per heavy atom. The Morgan fingerprint density at radius 2 is 2.05 bits per heavy atom. The van der Waals surface area contributed by atoms with E-state index in [2.05, 4.69) is 25.8 Å². The Labute approximate surface area is 125 Å². The van der Waals surface area contributed by atoms with Gasteiger partial charge in [0.1, 0.15) is 5.82 Å². The first-order valence-electron chi connectivity index (χ1n) is 7.75. The van der Waals surface area contributed by atoms with Crippen LogP contribution in [-0.4, -0.2) is 51.8 Å². The van der Waals surface area contributed by atoms with Gasteiger partial charge in [-0.05, 0) is 38.1 Å². The predicted octanol–water partition coefficient (Wildman–Crippen LogP) is 1.12. The van der Waals surface area contributed by atoms with E-state index in [0.717, 1.165) is 36.5 Å². The number of nitrogens with one attached hydrogen (secondary N) is 1. The average Bonchev–Trinajstić information content (AvgIpc) is 3.09. The summed E-state index contributed by atoms with van der Waals surface area (Å²) < 4.78 is 2.11. The second-order valence-corrected chi connectivity index (χ2v) is 5.87. The van der Waals surface area contributed by atoms with Crippen molar-refractivity contribution in [2.45, 2.75) is 25.5 Å². The molecule has 5 heteroatoms. The molecule has 2 N–H and O–H groups in total. The van der Waals surface area contributed by atoms with Crippen molar-refractivity contribution < 1.29 is 5.11 Å². The molecule has 1 aromatic carbocycles. The lowest BCUT2D eigenvalue weighted by Gasteiger charge is -2.19. The van der Waals surface area contributed by atoms with Crippen LogP contribution in [-0.2, 0) is 13.6 Å². The fourth-order valence-corrected chi connectivity index (χ4v) is 3.03. The lowest BCUT2D eigenvalue weighted by Crippen LogP contribution is -2.37. The van der Waals surface area contributed by atoms with Gasteiger partial charge in [0.25, 0.3) is 0 Å². The van der Waals surface area contributed by atoms with E-state index in [1.807, 2.05) is 25.2 Å². The second kappa shape index (κ2) is 6.56. The highest BCUT2D eigenvalue weighted by Gasteiger charge is 2.15. The van der Waals surface area contributed by atoms with Gasteiger partial charge in [-0.1, -0.05) is 12.1 Å². The molecule has 0 spiro atoms. The van der Waals surface area contributed by atoms with Crippen molar-refractivity contribution in [2.24, 2.45) is 7.05 Å². The molecular weight excluding hydrogens is 264 g/mol. The zero-order chi connectivity index (χ0) is 14.7. The maximum Gasteiger partial charge on any atom is 0.123 e. The van der Waals surface area contributed by atoms with Gasteiger partial charge in [-0.15, -0.1) is 0 Å². The van der Waals surface area contributed by atoms with Gasteiger partial charge >= 0.3 is 0 Å². The van der Waals surface area contributed by atoms with E-state index in [9.17, 15) is 5.11 Å². The van der Waals surface area contributed by atoms with Crippen LogP contribution in [0.3, 0.4) is 0 Å². The molecule has 1 saturated heterocycles. The summed E-state index contributed by atoms with van der Waals surface area (Å²) in [6.07, 6.45) is 2.22. The highest BCUT2D eigenvalue weighted by Crippen LogP contribution is 2.14. The molecule has 0 aliphatic carbocycles. The fourth-order valence-electron chi connectivity index (χ4n) is 3.03. The first-order chi connectivity index (χ1) is 10.2. The van der Waals surface area contributed by atoms with E-state index in [-0.39, 0.29) is 6.10 Å². The van der Waals surface area contributed by atoms with Crippen LogP contribution in [0.5, 0.6) is 0 Å². The first kappa shape index (κ1) is 14.5. The maximum atomic E-state index is 10.1. The number of aliphatic hydroxyl groups excluding tert-OH is 1. The van der Waals surface area contributed by atoms with Crippen molar-refractivity contribution >= 4 is 11.0 Å². The van der Waals surface area contributed by atoms with Gasteiger partial charge in [0.15, 0.2) is 0 Å². The van der Waals surface area contributed by atoms with Gasteiger partial charge in [0.2, 0.25) is 0 Å². The van der Waals surface area contributed by atoms with Crippen LogP contribution < -0.4 is 5.32 Å². The largest absolute Gasteiger partial charge is 0.390 e. The number of hydrogen-bond acceptors (Lipinski definition) is 4. The normalized spacial score (nSPS) is 17.6. The number of fused-ring (bicyclic) bond motifs is 1. The van der Waals surface area contributed by atoms with Gasteiger partial charge in [-0.2, -0.15) is 0 Å².